The first-order valence-electron chi connectivity index (χ1n) is 6.24. The maximum absolute atomic E-state index is 11.8. The summed E-state index contributed by atoms with van der Waals surface area (Å²) in [5.41, 5.74) is 11.0. The Morgan fingerprint density at radius 1 is 1.27 bits per heavy atom. The number of urea groups is 1. The molecule has 1 aromatic carbocycles. The standard InChI is InChI=1S/C12H17N5O4.BrH/c13-10(2-1-7-15-12(14)19)11(18)16-8-3-5-9(6-4-8)17(20)21;/h3-6,10H,1-2,7,13H2,(H,16,18)(H3,14,15,19);1H. The molecule has 1 aromatic rings. The number of carbonyl (C=O) groups is 2. The van der Waals surface area contributed by atoms with E-state index in [0.717, 1.165) is 0 Å². The largest absolute Gasteiger partial charge is 0.352 e. The quantitative estimate of drug-likeness (QED) is 0.316. The number of carbonyl (C=O) groups excluding carboxylic acids is 2. The molecule has 0 aliphatic carbocycles. The molecule has 10 heteroatoms. The van der Waals surface area contributed by atoms with E-state index in [1.807, 2.05) is 0 Å². The molecule has 0 heterocycles. The van der Waals surface area contributed by atoms with E-state index >= 15 is 0 Å². The van der Waals surface area contributed by atoms with Gasteiger partial charge in [0.25, 0.3) is 5.69 Å². The van der Waals surface area contributed by atoms with Gasteiger partial charge in [0.2, 0.25) is 5.91 Å². The van der Waals surface area contributed by atoms with Crippen molar-refractivity contribution >= 4 is 40.3 Å². The lowest BCUT2D eigenvalue weighted by Gasteiger charge is -2.12. The van der Waals surface area contributed by atoms with Crippen molar-refractivity contribution in [3.8, 4) is 0 Å². The molecule has 0 aliphatic rings. The number of benzene rings is 1. The normalized spacial score (nSPS) is 11.0. The number of nitrogens with zero attached hydrogens (tertiary/aromatic N) is 1. The lowest BCUT2D eigenvalue weighted by molar-refractivity contribution is -0.384. The Balaban J connectivity index is 0.00000441. The van der Waals surface area contributed by atoms with Crippen LogP contribution in [0.25, 0.3) is 0 Å². The molecule has 122 valence electrons. The van der Waals surface area contributed by atoms with Gasteiger partial charge in [-0.25, -0.2) is 4.79 Å². The molecule has 22 heavy (non-hydrogen) atoms. The summed E-state index contributed by atoms with van der Waals surface area (Å²) < 4.78 is 0. The van der Waals surface area contributed by atoms with Crippen molar-refractivity contribution in [2.24, 2.45) is 11.5 Å². The minimum atomic E-state index is -0.741. The number of amides is 3. The van der Waals surface area contributed by atoms with E-state index in [2.05, 4.69) is 10.6 Å². The monoisotopic (exact) mass is 375 g/mol. The molecule has 6 N–H and O–H groups in total. The summed E-state index contributed by atoms with van der Waals surface area (Å²) in [5, 5.41) is 15.4. The van der Waals surface area contributed by atoms with Crippen LogP contribution in [0.4, 0.5) is 16.2 Å². The number of nitro groups is 1. The van der Waals surface area contributed by atoms with Crippen molar-refractivity contribution in [3.63, 3.8) is 0 Å². The van der Waals surface area contributed by atoms with Gasteiger partial charge in [0.1, 0.15) is 0 Å². The van der Waals surface area contributed by atoms with Gasteiger partial charge < -0.3 is 22.1 Å². The number of non-ortho nitro benzene ring substituents is 1. The predicted molar refractivity (Wildman–Crippen MR) is 86.8 cm³/mol. The van der Waals surface area contributed by atoms with Gasteiger partial charge in [0.05, 0.1) is 11.0 Å². The highest BCUT2D eigenvalue weighted by Crippen LogP contribution is 2.15. The highest BCUT2D eigenvalue weighted by atomic mass is 79.9. The summed E-state index contributed by atoms with van der Waals surface area (Å²) in [6.45, 7) is 0.341. The third kappa shape index (κ3) is 6.99. The number of nitrogens with two attached hydrogens (primary N) is 2. The van der Waals surface area contributed by atoms with Gasteiger partial charge in [-0.3, -0.25) is 14.9 Å². The van der Waals surface area contributed by atoms with Crippen molar-refractivity contribution in [2.75, 3.05) is 11.9 Å². The van der Waals surface area contributed by atoms with E-state index < -0.39 is 22.9 Å². The molecule has 0 radical (unpaired) electrons. The summed E-state index contributed by atoms with van der Waals surface area (Å²) in [5.74, 6) is -0.400. The smallest absolute Gasteiger partial charge is 0.312 e. The molecule has 0 saturated heterocycles. The number of hydrogen-bond donors (Lipinski definition) is 4. The number of halogens is 1. The van der Waals surface area contributed by atoms with Gasteiger partial charge in [0, 0.05) is 24.4 Å². The van der Waals surface area contributed by atoms with E-state index in [9.17, 15) is 19.7 Å². The SMILES string of the molecule is Br.NC(=O)NCCCC(N)C(=O)Nc1ccc([N+](=O)[O-])cc1. The molecule has 9 nitrogen and oxygen atoms in total. The van der Waals surface area contributed by atoms with E-state index in [4.69, 9.17) is 11.5 Å². The van der Waals surface area contributed by atoms with Crippen molar-refractivity contribution in [1.82, 2.24) is 5.32 Å². The highest BCUT2D eigenvalue weighted by Gasteiger charge is 2.14. The number of anilines is 1. The van der Waals surface area contributed by atoms with Gasteiger partial charge in [-0.2, -0.15) is 0 Å². The van der Waals surface area contributed by atoms with Crippen LogP contribution in [0.2, 0.25) is 0 Å². The first kappa shape index (κ1) is 19.8. The molecule has 1 rings (SSSR count). The molecule has 0 fully saturated rings. The predicted octanol–water partition coefficient (Wildman–Crippen LogP) is 0.887. The first-order valence-corrected chi connectivity index (χ1v) is 6.24. The molecule has 3 amide bonds. The maximum atomic E-state index is 11.8. The molecule has 0 aromatic heterocycles. The number of rotatable bonds is 7. The van der Waals surface area contributed by atoms with Crippen LogP contribution in [0, 0.1) is 10.1 Å². The van der Waals surface area contributed by atoms with Gasteiger partial charge in [-0.1, -0.05) is 0 Å². The third-order valence-electron chi connectivity index (χ3n) is 2.67. The maximum Gasteiger partial charge on any atom is 0.312 e. The molecule has 0 spiro atoms. The average molecular weight is 376 g/mol. The topological polar surface area (TPSA) is 153 Å². The fourth-order valence-electron chi connectivity index (χ4n) is 1.57. The van der Waals surface area contributed by atoms with E-state index in [1.165, 1.54) is 24.3 Å². The zero-order valence-electron chi connectivity index (χ0n) is 11.7. The number of nitrogens with one attached hydrogen (secondary N) is 2. The Kier molecular flexibility index (Phi) is 8.72. The van der Waals surface area contributed by atoms with Crippen molar-refractivity contribution in [3.05, 3.63) is 34.4 Å². The van der Waals surface area contributed by atoms with Crippen LogP contribution in [-0.2, 0) is 4.79 Å². The van der Waals surface area contributed by atoms with E-state index in [0.29, 0.717) is 25.1 Å². The van der Waals surface area contributed by atoms with Crippen LogP contribution in [0.5, 0.6) is 0 Å². The highest BCUT2D eigenvalue weighted by molar-refractivity contribution is 8.93. The average Bonchev–Trinajstić information content (AvgIpc) is 2.43. The molecule has 1 unspecified atom stereocenters. The lowest BCUT2D eigenvalue weighted by atomic mass is 10.1. The van der Waals surface area contributed by atoms with Gasteiger partial charge in [-0.15, -0.1) is 17.0 Å². The van der Waals surface area contributed by atoms with Crippen LogP contribution in [0.15, 0.2) is 24.3 Å². The fraction of sp³-hybridized carbons (Fsp3) is 0.333. The molecule has 1 atom stereocenters. The second kappa shape index (κ2) is 9.68. The lowest BCUT2D eigenvalue weighted by Crippen LogP contribution is -2.37. The second-order valence-corrected chi connectivity index (χ2v) is 4.33. The summed E-state index contributed by atoms with van der Waals surface area (Å²) in [6, 6.07) is 4.07. The molecular formula is C12H18BrN5O4. The van der Waals surface area contributed by atoms with Crippen LogP contribution in [0.1, 0.15) is 12.8 Å². The Labute approximate surface area is 137 Å². The van der Waals surface area contributed by atoms with Crippen LogP contribution in [-0.4, -0.2) is 29.4 Å². The summed E-state index contributed by atoms with van der Waals surface area (Å²) in [6.07, 6.45) is 0.886. The minimum Gasteiger partial charge on any atom is -0.352 e. The summed E-state index contributed by atoms with van der Waals surface area (Å²) >= 11 is 0. The van der Waals surface area contributed by atoms with Crippen molar-refractivity contribution < 1.29 is 14.5 Å². The van der Waals surface area contributed by atoms with Crippen molar-refractivity contribution in [1.29, 1.82) is 0 Å². The minimum absolute atomic E-state index is 0. The Morgan fingerprint density at radius 3 is 2.36 bits per heavy atom. The molecule has 0 saturated carbocycles. The summed E-state index contributed by atoms with van der Waals surface area (Å²) in [7, 11) is 0. The number of primary amides is 1. The molecular weight excluding hydrogens is 358 g/mol. The van der Waals surface area contributed by atoms with Gasteiger partial charge in [0.15, 0.2) is 0 Å². The van der Waals surface area contributed by atoms with Crippen LogP contribution >= 0.6 is 17.0 Å². The molecule has 0 aliphatic heterocycles. The second-order valence-electron chi connectivity index (χ2n) is 4.33. The fourth-order valence-corrected chi connectivity index (χ4v) is 1.57. The van der Waals surface area contributed by atoms with Crippen LogP contribution < -0.4 is 22.1 Å². The van der Waals surface area contributed by atoms with E-state index in [-0.39, 0.29) is 22.7 Å². The van der Waals surface area contributed by atoms with E-state index in [1.54, 1.807) is 0 Å². The van der Waals surface area contributed by atoms with Crippen molar-refractivity contribution in [2.45, 2.75) is 18.9 Å². The number of hydrogen-bond acceptors (Lipinski definition) is 5. The Bertz CT molecular complexity index is 523. The Hall–Kier alpha value is -2.20. The van der Waals surface area contributed by atoms with Gasteiger partial charge >= 0.3 is 6.03 Å². The third-order valence-corrected chi connectivity index (χ3v) is 2.67. The Morgan fingerprint density at radius 2 is 1.86 bits per heavy atom. The zero-order valence-corrected chi connectivity index (χ0v) is 13.4. The van der Waals surface area contributed by atoms with Crippen LogP contribution in [0.3, 0.4) is 0 Å². The molecule has 0 bridgehead atoms. The summed E-state index contributed by atoms with van der Waals surface area (Å²) in [4.78, 5) is 32.2. The first-order chi connectivity index (χ1) is 9.90. The van der Waals surface area contributed by atoms with Gasteiger partial charge in [-0.05, 0) is 25.0 Å². The number of nitro benzene ring substituents is 1. The zero-order chi connectivity index (χ0) is 15.8.